The molecular weight excluding hydrogens is 214 g/mol. The van der Waals surface area contributed by atoms with Gasteiger partial charge in [-0.05, 0) is 24.5 Å². The molecule has 0 saturated heterocycles. The second-order valence-electron chi connectivity index (χ2n) is 4.27. The maximum Gasteiger partial charge on any atom is 0.226 e. The number of carbonyl (C=O) groups excluding carboxylic acids is 1. The molecule has 2 rings (SSSR count). The molecule has 1 unspecified atom stereocenters. The Morgan fingerprint density at radius 3 is 2.76 bits per heavy atom. The lowest BCUT2D eigenvalue weighted by Crippen LogP contribution is -2.32. The van der Waals surface area contributed by atoms with Gasteiger partial charge in [-0.15, -0.1) is 0 Å². The maximum atomic E-state index is 11.9. The lowest BCUT2D eigenvalue weighted by molar-refractivity contribution is -0.129. The van der Waals surface area contributed by atoms with Crippen LogP contribution < -0.4 is 0 Å². The lowest BCUT2D eigenvalue weighted by Gasteiger charge is -2.23. The van der Waals surface area contributed by atoms with Crippen molar-refractivity contribution in [3.05, 3.63) is 48.2 Å². The fourth-order valence-corrected chi connectivity index (χ4v) is 1.89. The molecule has 0 fully saturated rings. The van der Waals surface area contributed by atoms with Crippen molar-refractivity contribution in [2.45, 2.75) is 25.4 Å². The first kappa shape index (κ1) is 11.9. The number of aliphatic hydroxyl groups excluding tert-OH is 1. The maximum absolute atomic E-state index is 11.9. The first-order chi connectivity index (χ1) is 8.25. The lowest BCUT2D eigenvalue weighted by atomic mass is 10.1. The highest BCUT2D eigenvalue weighted by Gasteiger charge is 2.16. The first-order valence-electron chi connectivity index (χ1n) is 5.95. The van der Waals surface area contributed by atoms with Gasteiger partial charge in [0.25, 0.3) is 0 Å². The molecule has 0 saturated carbocycles. The Hall–Kier alpha value is -1.61. The number of aryl methyl sites for hydroxylation is 1. The Balaban J connectivity index is 1.84. The van der Waals surface area contributed by atoms with E-state index in [9.17, 15) is 9.90 Å². The van der Waals surface area contributed by atoms with Crippen LogP contribution in [0.2, 0.25) is 0 Å². The van der Waals surface area contributed by atoms with Crippen molar-refractivity contribution in [3.8, 4) is 0 Å². The van der Waals surface area contributed by atoms with Gasteiger partial charge in [0.2, 0.25) is 5.91 Å². The fraction of sp³-hybridized carbons (Fsp3) is 0.357. The average Bonchev–Trinajstić information content (AvgIpc) is 2.38. The molecule has 0 radical (unpaired) electrons. The third-order valence-corrected chi connectivity index (χ3v) is 2.94. The number of hydrogen-bond acceptors (Lipinski definition) is 2. The normalized spacial score (nSPS) is 19.4. The highest BCUT2D eigenvalue weighted by molar-refractivity contribution is 5.77. The van der Waals surface area contributed by atoms with E-state index in [-0.39, 0.29) is 5.91 Å². The van der Waals surface area contributed by atoms with E-state index in [4.69, 9.17) is 0 Å². The monoisotopic (exact) mass is 231 g/mol. The zero-order valence-electron chi connectivity index (χ0n) is 9.75. The third-order valence-electron chi connectivity index (χ3n) is 2.94. The van der Waals surface area contributed by atoms with Crippen LogP contribution in [0.5, 0.6) is 0 Å². The third kappa shape index (κ3) is 3.43. The summed E-state index contributed by atoms with van der Waals surface area (Å²) in [5.74, 6) is 0.122. The number of carbonyl (C=O) groups is 1. The number of hydrogen-bond donors (Lipinski definition) is 1. The van der Waals surface area contributed by atoms with Crippen molar-refractivity contribution in [2.75, 3.05) is 6.54 Å². The number of amides is 1. The van der Waals surface area contributed by atoms with Crippen LogP contribution in [0, 0.1) is 0 Å². The molecule has 1 N–H and O–H groups in total. The molecule has 1 aliphatic heterocycles. The van der Waals surface area contributed by atoms with Gasteiger partial charge in [-0.25, -0.2) is 0 Å². The van der Waals surface area contributed by atoms with Gasteiger partial charge in [0.1, 0.15) is 0 Å². The van der Waals surface area contributed by atoms with Crippen molar-refractivity contribution in [1.82, 2.24) is 4.90 Å². The largest absolute Gasteiger partial charge is 0.389 e. The van der Waals surface area contributed by atoms with Crippen molar-refractivity contribution in [3.63, 3.8) is 0 Å². The standard InChI is InChI=1S/C14H17NO2/c16-13-8-10-15(11-9-13)14(17)7-6-12-4-2-1-3-5-12/h1-5,8,10,13,16H,6-7,9,11H2. The van der Waals surface area contributed by atoms with Crippen molar-refractivity contribution < 1.29 is 9.90 Å². The molecule has 1 atom stereocenters. The van der Waals surface area contributed by atoms with Gasteiger partial charge in [0, 0.05) is 19.2 Å². The predicted octanol–water partition coefficient (Wildman–Crippen LogP) is 1.73. The van der Waals surface area contributed by atoms with Crippen LogP contribution in [0.25, 0.3) is 0 Å². The number of rotatable bonds is 3. The molecule has 3 nitrogen and oxygen atoms in total. The Labute approximate surface area is 101 Å². The summed E-state index contributed by atoms with van der Waals surface area (Å²) in [5, 5.41) is 9.29. The molecule has 17 heavy (non-hydrogen) atoms. The Morgan fingerprint density at radius 1 is 1.35 bits per heavy atom. The predicted molar refractivity (Wildman–Crippen MR) is 66.2 cm³/mol. The second kappa shape index (κ2) is 5.64. The van der Waals surface area contributed by atoms with Crippen molar-refractivity contribution in [1.29, 1.82) is 0 Å². The van der Waals surface area contributed by atoms with E-state index >= 15 is 0 Å². The first-order valence-corrected chi connectivity index (χ1v) is 5.95. The minimum Gasteiger partial charge on any atom is -0.389 e. The summed E-state index contributed by atoms with van der Waals surface area (Å²) in [6.45, 7) is 0.616. The van der Waals surface area contributed by atoms with Gasteiger partial charge < -0.3 is 10.0 Å². The topological polar surface area (TPSA) is 40.5 Å². The van der Waals surface area contributed by atoms with Crippen molar-refractivity contribution in [2.24, 2.45) is 0 Å². The highest BCUT2D eigenvalue weighted by Crippen LogP contribution is 2.10. The van der Waals surface area contributed by atoms with Crippen LogP contribution in [0.3, 0.4) is 0 Å². The molecule has 1 aliphatic rings. The summed E-state index contributed by atoms with van der Waals surface area (Å²) in [4.78, 5) is 13.6. The number of benzene rings is 1. The van der Waals surface area contributed by atoms with Crippen LogP contribution >= 0.6 is 0 Å². The van der Waals surface area contributed by atoms with E-state index in [0.717, 1.165) is 6.42 Å². The van der Waals surface area contributed by atoms with E-state index in [1.165, 1.54) is 5.56 Å². The minimum atomic E-state index is -0.395. The molecule has 1 amide bonds. The van der Waals surface area contributed by atoms with E-state index in [1.54, 1.807) is 17.2 Å². The molecule has 3 heteroatoms. The summed E-state index contributed by atoms with van der Waals surface area (Å²) in [6.07, 6.45) is 4.89. The van der Waals surface area contributed by atoms with Crippen LogP contribution in [-0.2, 0) is 11.2 Å². The van der Waals surface area contributed by atoms with Gasteiger partial charge in [-0.1, -0.05) is 30.3 Å². The zero-order valence-corrected chi connectivity index (χ0v) is 9.75. The van der Waals surface area contributed by atoms with Crippen molar-refractivity contribution >= 4 is 5.91 Å². The SMILES string of the molecule is O=C(CCc1ccccc1)N1C=CC(O)CC1. The van der Waals surface area contributed by atoms with E-state index < -0.39 is 6.10 Å². The van der Waals surface area contributed by atoms with Gasteiger partial charge in [0.15, 0.2) is 0 Å². The Kier molecular flexibility index (Phi) is 3.94. The molecule has 0 bridgehead atoms. The summed E-state index contributed by atoms with van der Waals surface area (Å²) in [7, 11) is 0. The zero-order chi connectivity index (χ0) is 12.1. The summed E-state index contributed by atoms with van der Waals surface area (Å²) >= 11 is 0. The molecule has 0 spiro atoms. The van der Waals surface area contributed by atoms with E-state index in [0.29, 0.717) is 19.4 Å². The highest BCUT2D eigenvalue weighted by atomic mass is 16.3. The molecule has 90 valence electrons. The number of aliphatic hydroxyl groups is 1. The Bertz CT molecular complexity index is 400. The van der Waals surface area contributed by atoms with Gasteiger partial charge in [-0.2, -0.15) is 0 Å². The van der Waals surface area contributed by atoms with Crippen LogP contribution in [-0.4, -0.2) is 28.6 Å². The van der Waals surface area contributed by atoms with Crippen LogP contribution in [0.1, 0.15) is 18.4 Å². The molecular formula is C14H17NO2. The summed E-state index contributed by atoms with van der Waals surface area (Å²) in [6, 6.07) is 10.0. The molecule has 1 aromatic rings. The Morgan fingerprint density at radius 2 is 2.12 bits per heavy atom. The summed E-state index contributed by atoms with van der Waals surface area (Å²) < 4.78 is 0. The minimum absolute atomic E-state index is 0.122. The summed E-state index contributed by atoms with van der Waals surface area (Å²) in [5.41, 5.74) is 1.18. The van der Waals surface area contributed by atoms with Gasteiger partial charge in [-0.3, -0.25) is 4.79 Å². The van der Waals surface area contributed by atoms with Crippen LogP contribution in [0.4, 0.5) is 0 Å². The van der Waals surface area contributed by atoms with E-state index in [2.05, 4.69) is 0 Å². The quantitative estimate of drug-likeness (QED) is 0.860. The molecule has 1 aromatic carbocycles. The van der Waals surface area contributed by atoms with Gasteiger partial charge in [0.05, 0.1) is 6.10 Å². The smallest absolute Gasteiger partial charge is 0.226 e. The van der Waals surface area contributed by atoms with Crippen LogP contribution in [0.15, 0.2) is 42.6 Å². The molecule has 0 aromatic heterocycles. The molecule has 1 heterocycles. The number of nitrogens with zero attached hydrogens (tertiary/aromatic N) is 1. The fourth-order valence-electron chi connectivity index (χ4n) is 1.89. The average molecular weight is 231 g/mol. The van der Waals surface area contributed by atoms with E-state index in [1.807, 2.05) is 30.3 Å². The second-order valence-corrected chi connectivity index (χ2v) is 4.27. The van der Waals surface area contributed by atoms with Gasteiger partial charge >= 0.3 is 0 Å². The molecule has 0 aliphatic carbocycles.